The van der Waals surface area contributed by atoms with E-state index in [0.717, 1.165) is 44.9 Å². The highest BCUT2D eigenvalue weighted by Gasteiger charge is 2.20. The predicted octanol–water partition coefficient (Wildman–Crippen LogP) is 28.2. The van der Waals surface area contributed by atoms with E-state index >= 15 is 0 Å². The number of carbonyl (C=O) groups excluding carboxylic acids is 2. The van der Waals surface area contributed by atoms with Crippen molar-refractivity contribution in [2.24, 2.45) is 0 Å². The minimum absolute atomic E-state index is 0.0161. The highest BCUT2D eigenvalue weighted by Crippen LogP contribution is 2.21. The van der Waals surface area contributed by atoms with Crippen molar-refractivity contribution >= 4 is 11.9 Å². The Balaban J connectivity index is 3.30. The number of esters is 1. The first kappa shape index (κ1) is 89.6. The van der Waals surface area contributed by atoms with Gasteiger partial charge in [-0.1, -0.05) is 443 Å². The summed E-state index contributed by atoms with van der Waals surface area (Å²) in [6.45, 7) is 5.00. The summed E-state index contributed by atoms with van der Waals surface area (Å²) >= 11 is 0. The van der Waals surface area contributed by atoms with Crippen molar-refractivity contribution in [3.05, 3.63) is 12.2 Å². The van der Waals surface area contributed by atoms with Crippen molar-refractivity contribution in [2.75, 3.05) is 13.2 Å². The normalized spacial score (nSPS) is 12.4. The van der Waals surface area contributed by atoms with Gasteiger partial charge in [0.1, 0.15) is 0 Å². The molecule has 2 atom stereocenters. The van der Waals surface area contributed by atoms with Crippen LogP contribution in [0.15, 0.2) is 12.2 Å². The number of nitrogens with one attached hydrogen (secondary N) is 1. The van der Waals surface area contributed by atoms with Gasteiger partial charge in [0.2, 0.25) is 5.91 Å². The van der Waals surface area contributed by atoms with Crippen LogP contribution in [-0.4, -0.2) is 47.4 Å². The molecular weight excluding hydrogens is 1110 g/mol. The molecule has 0 aromatic carbocycles. The predicted molar refractivity (Wildman–Crippen MR) is 403 cm³/mol. The summed E-state index contributed by atoms with van der Waals surface area (Å²) in [5, 5.41) is 23.5. The Morgan fingerprint density at radius 3 is 0.780 bits per heavy atom. The van der Waals surface area contributed by atoms with Gasteiger partial charge >= 0.3 is 5.97 Å². The lowest BCUT2D eigenvalue weighted by Crippen LogP contribution is -2.45. The fourth-order valence-electron chi connectivity index (χ4n) is 13.9. The van der Waals surface area contributed by atoms with Crippen molar-refractivity contribution in [1.29, 1.82) is 0 Å². The van der Waals surface area contributed by atoms with Crippen LogP contribution in [0.1, 0.15) is 495 Å². The molecule has 0 saturated carbocycles. The largest absolute Gasteiger partial charge is 0.466 e. The summed E-state index contributed by atoms with van der Waals surface area (Å²) < 4.78 is 5.50. The molecule has 0 aliphatic carbocycles. The number of aliphatic hydroxyl groups is 2. The van der Waals surface area contributed by atoms with Crippen LogP contribution in [0.25, 0.3) is 0 Å². The molecule has 6 heteroatoms. The molecule has 0 spiro atoms. The van der Waals surface area contributed by atoms with Gasteiger partial charge in [-0.2, -0.15) is 0 Å². The van der Waals surface area contributed by atoms with Crippen molar-refractivity contribution < 1.29 is 24.5 Å². The van der Waals surface area contributed by atoms with E-state index in [4.69, 9.17) is 4.74 Å². The van der Waals surface area contributed by atoms with Crippen molar-refractivity contribution in [3.8, 4) is 0 Å². The Kier molecular flexibility index (Phi) is 79.8. The van der Waals surface area contributed by atoms with Gasteiger partial charge in [0.05, 0.1) is 25.4 Å². The molecule has 0 aliphatic rings. The number of amides is 1. The lowest BCUT2D eigenvalue weighted by atomic mass is 10.0. The summed E-state index contributed by atoms with van der Waals surface area (Å²) in [5.41, 5.74) is 0. The second-order valence-corrected chi connectivity index (χ2v) is 29.5. The third kappa shape index (κ3) is 77.5. The summed E-state index contributed by atoms with van der Waals surface area (Å²) in [6, 6.07) is -0.538. The van der Waals surface area contributed by atoms with E-state index in [1.807, 2.05) is 0 Å². The van der Waals surface area contributed by atoms with Gasteiger partial charge in [-0.15, -0.1) is 0 Å². The first-order valence-electron chi connectivity index (χ1n) is 42.4. The Labute approximate surface area is 571 Å². The molecule has 0 aromatic heterocycles. The Hall–Kier alpha value is -1.40. The van der Waals surface area contributed by atoms with E-state index in [1.165, 1.54) is 417 Å². The minimum Gasteiger partial charge on any atom is -0.466 e. The first-order chi connectivity index (χ1) is 45.0. The van der Waals surface area contributed by atoms with E-state index in [9.17, 15) is 19.8 Å². The summed E-state index contributed by atoms with van der Waals surface area (Å²) in [4.78, 5) is 24.7. The SMILES string of the molecule is CCCCCCC/C=C\CCCCCCCC(=O)OCCCCCCCCCCCCCCCCCCCCCCCCCCCCCCCCCCCCCCCC(=O)NC(CO)C(O)CCCCCCCCCCCCCCCCCCCCCCCCC. The van der Waals surface area contributed by atoms with E-state index in [1.54, 1.807) is 0 Å². The van der Waals surface area contributed by atoms with Crippen LogP contribution in [0.3, 0.4) is 0 Å². The first-order valence-corrected chi connectivity index (χ1v) is 42.4. The van der Waals surface area contributed by atoms with Gasteiger partial charge < -0.3 is 20.3 Å². The van der Waals surface area contributed by atoms with Crippen molar-refractivity contribution in [3.63, 3.8) is 0 Å². The van der Waals surface area contributed by atoms with Crippen LogP contribution < -0.4 is 5.32 Å². The van der Waals surface area contributed by atoms with Gasteiger partial charge in [-0.3, -0.25) is 9.59 Å². The molecule has 0 aromatic rings. The second kappa shape index (κ2) is 81.0. The lowest BCUT2D eigenvalue weighted by Gasteiger charge is -2.22. The number of aliphatic hydroxyl groups excluding tert-OH is 2. The summed E-state index contributed by atoms with van der Waals surface area (Å²) in [5.74, 6) is -0.00675. The third-order valence-electron chi connectivity index (χ3n) is 20.3. The Morgan fingerprint density at radius 2 is 0.516 bits per heavy atom. The van der Waals surface area contributed by atoms with Crippen LogP contribution in [-0.2, 0) is 14.3 Å². The number of rotatable bonds is 81. The van der Waals surface area contributed by atoms with Gasteiger partial charge in [0, 0.05) is 12.8 Å². The molecule has 91 heavy (non-hydrogen) atoms. The van der Waals surface area contributed by atoms with E-state index in [0.29, 0.717) is 25.9 Å². The second-order valence-electron chi connectivity index (χ2n) is 29.5. The molecule has 0 heterocycles. The molecule has 0 rings (SSSR count). The average molecular weight is 1280 g/mol. The molecule has 2 unspecified atom stereocenters. The van der Waals surface area contributed by atoms with Gasteiger partial charge in [0.15, 0.2) is 0 Å². The number of allylic oxidation sites excluding steroid dienone is 2. The van der Waals surface area contributed by atoms with Crippen LogP contribution in [0.2, 0.25) is 0 Å². The number of ether oxygens (including phenoxy) is 1. The maximum atomic E-state index is 12.6. The van der Waals surface area contributed by atoms with Crippen LogP contribution >= 0.6 is 0 Å². The van der Waals surface area contributed by atoms with Gasteiger partial charge in [-0.05, 0) is 51.4 Å². The topological polar surface area (TPSA) is 95.9 Å². The molecule has 0 fully saturated rings. The fourth-order valence-corrected chi connectivity index (χ4v) is 13.9. The van der Waals surface area contributed by atoms with E-state index < -0.39 is 12.1 Å². The Morgan fingerprint density at radius 1 is 0.297 bits per heavy atom. The summed E-state index contributed by atoms with van der Waals surface area (Å²) in [7, 11) is 0. The monoisotopic (exact) mass is 1280 g/mol. The fraction of sp³-hybridized carbons (Fsp3) is 0.953. The zero-order valence-electron chi connectivity index (χ0n) is 62.4. The van der Waals surface area contributed by atoms with Crippen LogP contribution in [0, 0.1) is 0 Å². The molecule has 0 bridgehead atoms. The molecule has 6 nitrogen and oxygen atoms in total. The van der Waals surface area contributed by atoms with Crippen LogP contribution in [0.5, 0.6) is 0 Å². The van der Waals surface area contributed by atoms with Gasteiger partial charge in [-0.25, -0.2) is 0 Å². The minimum atomic E-state index is -0.661. The molecule has 0 radical (unpaired) electrons. The maximum absolute atomic E-state index is 12.6. The van der Waals surface area contributed by atoms with Gasteiger partial charge in [0.25, 0.3) is 0 Å². The number of hydrogen-bond donors (Lipinski definition) is 3. The number of carbonyl (C=O) groups is 2. The van der Waals surface area contributed by atoms with E-state index in [2.05, 4.69) is 31.3 Å². The molecule has 3 N–H and O–H groups in total. The standard InChI is InChI=1S/C85H167NO5/c1-3-5-7-9-11-13-15-17-19-20-21-22-38-41-44-47-50-53-57-61-65-69-73-77-83(88)82(81-87)86-84(89)78-74-70-66-62-58-54-51-48-45-42-39-36-34-32-30-28-26-24-23-25-27-29-31-33-35-37-40-43-46-49-52-56-60-64-68-72-76-80-91-85(90)79-75-71-67-63-59-55-18-16-14-12-10-8-6-4-2/h16,18,82-83,87-88H,3-15,17,19-81H2,1-2H3,(H,86,89)/b18-16-. The van der Waals surface area contributed by atoms with E-state index in [-0.39, 0.29) is 18.5 Å². The average Bonchev–Trinajstić information content (AvgIpc) is 3.66. The molecule has 542 valence electrons. The Bertz CT molecular complexity index is 1380. The zero-order chi connectivity index (χ0) is 65.6. The highest BCUT2D eigenvalue weighted by atomic mass is 16.5. The molecule has 0 aliphatic heterocycles. The molecule has 1 amide bonds. The highest BCUT2D eigenvalue weighted by molar-refractivity contribution is 5.76. The maximum Gasteiger partial charge on any atom is 0.305 e. The summed E-state index contributed by atoms with van der Waals surface area (Å²) in [6.07, 6.45) is 103. The third-order valence-corrected chi connectivity index (χ3v) is 20.3. The molecular formula is C85H167NO5. The number of unbranched alkanes of at least 4 members (excludes halogenated alkanes) is 68. The zero-order valence-corrected chi connectivity index (χ0v) is 62.4. The van der Waals surface area contributed by atoms with Crippen molar-refractivity contribution in [2.45, 2.75) is 508 Å². The lowest BCUT2D eigenvalue weighted by molar-refractivity contribution is -0.143. The quantitative estimate of drug-likeness (QED) is 0.0320. The van der Waals surface area contributed by atoms with Crippen molar-refractivity contribution in [1.82, 2.24) is 5.32 Å². The molecule has 0 saturated heterocycles. The van der Waals surface area contributed by atoms with Crippen LogP contribution in [0.4, 0.5) is 0 Å². The number of hydrogen-bond acceptors (Lipinski definition) is 5. The smallest absolute Gasteiger partial charge is 0.305 e.